The van der Waals surface area contributed by atoms with Crippen molar-refractivity contribution in [1.82, 2.24) is 14.9 Å². The number of nitrogens with zero attached hydrogens (tertiary/aromatic N) is 3. The third-order valence-corrected chi connectivity index (χ3v) is 5.90. The maximum absolute atomic E-state index is 13.3. The number of aromatic nitrogens is 2. The summed E-state index contributed by atoms with van der Waals surface area (Å²) >= 11 is 5.32. The largest absolute Gasteiger partial charge is 0.318 e. The Morgan fingerprint density at radius 3 is 2.28 bits per heavy atom. The Morgan fingerprint density at radius 1 is 1.00 bits per heavy atom. The highest BCUT2D eigenvalue weighted by Crippen LogP contribution is 2.27. The number of pyridine rings is 1. The molecule has 1 aliphatic rings. The third kappa shape index (κ3) is 3.87. The monoisotopic (exact) mass is 444 g/mol. The van der Waals surface area contributed by atoms with Gasteiger partial charge in [0.2, 0.25) is 0 Å². The fourth-order valence-electron chi connectivity index (χ4n) is 3.88. The molecule has 162 valence electrons. The van der Waals surface area contributed by atoms with E-state index in [1.54, 1.807) is 18.5 Å². The molecule has 6 nitrogen and oxygen atoms in total. The van der Waals surface area contributed by atoms with Gasteiger partial charge in [0.15, 0.2) is 5.11 Å². The second kappa shape index (κ2) is 8.51. The molecule has 0 unspecified atom stereocenters. The third-order valence-electron chi connectivity index (χ3n) is 5.61. The molecule has 0 radical (unpaired) electrons. The van der Waals surface area contributed by atoms with Gasteiger partial charge in [0.1, 0.15) is 5.57 Å². The van der Waals surface area contributed by atoms with Gasteiger partial charge in [-0.15, -0.1) is 0 Å². The van der Waals surface area contributed by atoms with Crippen LogP contribution in [-0.4, -0.2) is 26.5 Å². The molecule has 0 atom stereocenters. The Kier molecular flexibility index (Phi) is 5.76. The van der Waals surface area contributed by atoms with E-state index in [1.165, 1.54) is 4.90 Å². The summed E-state index contributed by atoms with van der Waals surface area (Å²) in [5.41, 5.74) is 5.49. The zero-order chi connectivity index (χ0) is 23.0. The van der Waals surface area contributed by atoms with Crippen LogP contribution in [0.5, 0.6) is 0 Å². The van der Waals surface area contributed by atoms with E-state index >= 15 is 0 Å². The van der Waals surface area contributed by atoms with E-state index in [4.69, 9.17) is 12.2 Å². The molecule has 1 N–H and O–H groups in total. The SMILES string of the molecule is Cc1cc(/C=C2\C(=O)NC(=S)N(c3ccc(C(C)C)cc3)C2=O)c(C)n1-c1ccncc1. The van der Waals surface area contributed by atoms with E-state index in [1.807, 2.05) is 56.3 Å². The average molecular weight is 445 g/mol. The van der Waals surface area contributed by atoms with Crippen molar-refractivity contribution in [1.29, 1.82) is 0 Å². The number of hydrogen-bond donors (Lipinski definition) is 1. The highest BCUT2D eigenvalue weighted by atomic mass is 32.1. The van der Waals surface area contributed by atoms with Crippen molar-refractivity contribution in [3.8, 4) is 5.69 Å². The maximum Gasteiger partial charge on any atom is 0.270 e. The highest BCUT2D eigenvalue weighted by Gasteiger charge is 2.34. The van der Waals surface area contributed by atoms with Crippen LogP contribution in [0.3, 0.4) is 0 Å². The number of thiocarbonyl (C=S) groups is 1. The summed E-state index contributed by atoms with van der Waals surface area (Å²) in [5.74, 6) is -0.563. The van der Waals surface area contributed by atoms with Crippen LogP contribution in [0.1, 0.15) is 42.3 Å². The van der Waals surface area contributed by atoms with Crippen molar-refractivity contribution < 1.29 is 9.59 Å². The maximum atomic E-state index is 13.3. The van der Waals surface area contributed by atoms with Gasteiger partial charge in [0, 0.05) is 29.5 Å². The summed E-state index contributed by atoms with van der Waals surface area (Å²) in [6.07, 6.45) is 5.09. The molecule has 4 rings (SSSR count). The average Bonchev–Trinajstić information content (AvgIpc) is 3.04. The van der Waals surface area contributed by atoms with Crippen LogP contribution < -0.4 is 10.2 Å². The van der Waals surface area contributed by atoms with Gasteiger partial charge in [-0.05, 0) is 79.5 Å². The van der Waals surface area contributed by atoms with Crippen LogP contribution in [0.2, 0.25) is 0 Å². The molecule has 3 heterocycles. The van der Waals surface area contributed by atoms with E-state index in [2.05, 4.69) is 28.7 Å². The van der Waals surface area contributed by atoms with E-state index in [0.717, 1.165) is 28.2 Å². The molecule has 2 aromatic heterocycles. The second-order valence-corrected chi connectivity index (χ2v) is 8.46. The van der Waals surface area contributed by atoms with E-state index < -0.39 is 11.8 Å². The van der Waals surface area contributed by atoms with Crippen molar-refractivity contribution in [2.24, 2.45) is 0 Å². The number of carbonyl (C=O) groups is 2. The molecule has 3 aromatic rings. The van der Waals surface area contributed by atoms with Crippen LogP contribution in [0, 0.1) is 13.8 Å². The van der Waals surface area contributed by atoms with Crippen molar-refractivity contribution >= 4 is 40.9 Å². The molecule has 32 heavy (non-hydrogen) atoms. The Bertz CT molecular complexity index is 1240. The van der Waals surface area contributed by atoms with E-state index in [0.29, 0.717) is 11.6 Å². The Balaban J connectivity index is 1.73. The van der Waals surface area contributed by atoms with Crippen molar-refractivity contribution in [2.75, 3.05) is 4.90 Å². The molecule has 2 amide bonds. The van der Waals surface area contributed by atoms with Crippen molar-refractivity contribution in [2.45, 2.75) is 33.6 Å². The number of hydrogen-bond acceptors (Lipinski definition) is 4. The summed E-state index contributed by atoms with van der Waals surface area (Å²) in [7, 11) is 0. The lowest BCUT2D eigenvalue weighted by Crippen LogP contribution is -2.54. The highest BCUT2D eigenvalue weighted by molar-refractivity contribution is 7.80. The van der Waals surface area contributed by atoms with Gasteiger partial charge < -0.3 is 4.57 Å². The summed E-state index contributed by atoms with van der Waals surface area (Å²) in [6, 6.07) is 13.4. The molecule has 1 aliphatic heterocycles. The molecule has 0 spiro atoms. The van der Waals surface area contributed by atoms with Gasteiger partial charge in [-0.2, -0.15) is 0 Å². The molecule has 7 heteroatoms. The molecule has 1 fully saturated rings. The number of benzene rings is 1. The van der Waals surface area contributed by atoms with E-state index in [-0.39, 0.29) is 10.7 Å². The predicted octanol–water partition coefficient (Wildman–Crippen LogP) is 4.44. The lowest BCUT2D eigenvalue weighted by atomic mass is 10.0. The number of amides is 2. The first-order valence-electron chi connectivity index (χ1n) is 10.4. The Labute approximate surface area is 192 Å². The van der Waals surface area contributed by atoms with Crippen molar-refractivity contribution in [3.05, 3.63) is 82.9 Å². The summed E-state index contributed by atoms with van der Waals surface area (Å²) in [6.45, 7) is 8.15. The normalized spacial score (nSPS) is 15.6. The van der Waals surface area contributed by atoms with Crippen LogP contribution >= 0.6 is 12.2 Å². The zero-order valence-electron chi connectivity index (χ0n) is 18.4. The van der Waals surface area contributed by atoms with Gasteiger partial charge in [-0.25, -0.2) is 0 Å². The minimum Gasteiger partial charge on any atom is -0.318 e. The van der Waals surface area contributed by atoms with E-state index in [9.17, 15) is 9.59 Å². The van der Waals surface area contributed by atoms with Gasteiger partial charge >= 0.3 is 0 Å². The first-order valence-corrected chi connectivity index (χ1v) is 10.8. The Morgan fingerprint density at radius 2 is 1.66 bits per heavy atom. The fourth-order valence-corrected chi connectivity index (χ4v) is 4.16. The summed E-state index contributed by atoms with van der Waals surface area (Å²) < 4.78 is 2.06. The quantitative estimate of drug-likeness (QED) is 0.367. The number of carbonyl (C=O) groups excluding carboxylic acids is 2. The first kappa shape index (κ1) is 21.6. The van der Waals surface area contributed by atoms with Gasteiger partial charge in [-0.1, -0.05) is 26.0 Å². The van der Waals surface area contributed by atoms with Gasteiger partial charge in [-0.3, -0.25) is 24.8 Å². The minimum atomic E-state index is -0.497. The number of aryl methyl sites for hydroxylation is 1. The number of nitrogens with one attached hydrogen (secondary N) is 1. The smallest absolute Gasteiger partial charge is 0.270 e. The Hall–Kier alpha value is -3.58. The number of anilines is 1. The molecule has 0 saturated carbocycles. The predicted molar refractivity (Wildman–Crippen MR) is 130 cm³/mol. The standard InChI is InChI=1S/C25H24N4O2S/c1-15(2)18-5-7-20(8-6-18)29-24(31)22(23(30)27-25(29)32)14-19-13-16(3)28(17(19)4)21-9-11-26-12-10-21/h5-15H,1-4H3,(H,27,30,32)/b22-14+. The second-order valence-electron chi connectivity index (χ2n) is 8.07. The molecular formula is C25H24N4O2S. The zero-order valence-corrected chi connectivity index (χ0v) is 19.2. The van der Waals surface area contributed by atoms with Crippen LogP contribution in [0.15, 0.2) is 60.4 Å². The fraction of sp³-hybridized carbons (Fsp3) is 0.200. The lowest BCUT2D eigenvalue weighted by Gasteiger charge is -2.29. The molecular weight excluding hydrogens is 420 g/mol. The summed E-state index contributed by atoms with van der Waals surface area (Å²) in [4.78, 5) is 31.5. The lowest BCUT2D eigenvalue weighted by molar-refractivity contribution is -0.122. The molecule has 0 bridgehead atoms. The van der Waals surface area contributed by atoms with Gasteiger partial charge in [0.05, 0.1) is 5.69 Å². The molecule has 1 saturated heterocycles. The van der Waals surface area contributed by atoms with Crippen LogP contribution in [0.4, 0.5) is 5.69 Å². The molecule has 0 aliphatic carbocycles. The van der Waals surface area contributed by atoms with Gasteiger partial charge in [0.25, 0.3) is 11.8 Å². The summed E-state index contributed by atoms with van der Waals surface area (Å²) in [5, 5.41) is 2.73. The van der Waals surface area contributed by atoms with Crippen molar-refractivity contribution in [3.63, 3.8) is 0 Å². The molecule has 1 aromatic carbocycles. The number of rotatable bonds is 4. The van der Waals surface area contributed by atoms with Crippen LogP contribution in [0.25, 0.3) is 11.8 Å². The minimum absolute atomic E-state index is 0.0431. The van der Waals surface area contributed by atoms with Crippen LogP contribution in [-0.2, 0) is 9.59 Å². The first-order chi connectivity index (χ1) is 15.3. The topological polar surface area (TPSA) is 67.2 Å².